The molecule has 1 amide bonds. The van der Waals surface area contributed by atoms with Gasteiger partial charge in [-0.1, -0.05) is 0 Å². The number of anilines is 2. The summed E-state index contributed by atoms with van der Waals surface area (Å²) in [6.07, 6.45) is 0. The number of hydrogen-bond donors (Lipinski definition) is 3. The predicted molar refractivity (Wildman–Crippen MR) is 81.4 cm³/mol. The van der Waals surface area contributed by atoms with Crippen molar-refractivity contribution in [1.29, 1.82) is 0 Å². The summed E-state index contributed by atoms with van der Waals surface area (Å²) < 4.78 is 0. The van der Waals surface area contributed by atoms with Crippen LogP contribution in [0.25, 0.3) is 0 Å². The number of carbonyl (C=O) groups is 1. The third-order valence-corrected chi connectivity index (χ3v) is 5.59. The minimum atomic E-state index is -0.430. The molecule has 98 valence electrons. The van der Waals surface area contributed by atoms with Gasteiger partial charge in [0.15, 0.2) is 0 Å². The summed E-state index contributed by atoms with van der Waals surface area (Å²) in [6, 6.07) is 5.08. The Morgan fingerprint density at radius 3 is 2.94 bits per heavy atom. The van der Waals surface area contributed by atoms with Crippen LogP contribution in [0, 0.1) is 0 Å². The molecule has 0 aliphatic carbocycles. The molecule has 5 N–H and O–H groups in total. The van der Waals surface area contributed by atoms with E-state index in [1.54, 1.807) is 18.2 Å². The average Bonchev–Trinajstić information content (AvgIpc) is 2.38. The molecule has 1 saturated heterocycles. The molecule has 0 bridgehead atoms. The lowest BCUT2D eigenvalue weighted by Gasteiger charge is -2.22. The van der Waals surface area contributed by atoms with Gasteiger partial charge in [0, 0.05) is 34.6 Å². The van der Waals surface area contributed by atoms with Crippen LogP contribution in [-0.4, -0.2) is 35.0 Å². The number of thioether (sulfide) groups is 2. The van der Waals surface area contributed by atoms with Gasteiger partial charge in [-0.15, -0.1) is 0 Å². The molecule has 1 aromatic carbocycles. The maximum absolute atomic E-state index is 11.1. The largest absolute Gasteiger partial charge is 0.397 e. The van der Waals surface area contributed by atoms with Gasteiger partial charge in [-0.3, -0.25) is 4.79 Å². The van der Waals surface area contributed by atoms with Crippen LogP contribution in [0.1, 0.15) is 10.4 Å². The molecular formula is C12H17N3OS2. The Labute approximate surface area is 115 Å². The lowest BCUT2D eigenvalue weighted by molar-refractivity contribution is 0.100. The highest BCUT2D eigenvalue weighted by Crippen LogP contribution is 2.26. The fourth-order valence-corrected chi connectivity index (χ4v) is 4.35. The minimum Gasteiger partial charge on any atom is -0.397 e. The van der Waals surface area contributed by atoms with E-state index in [1.807, 2.05) is 23.5 Å². The van der Waals surface area contributed by atoms with Crippen molar-refractivity contribution in [2.24, 2.45) is 5.73 Å². The molecule has 1 fully saturated rings. The van der Waals surface area contributed by atoms with E-state index in [0.29, 0.717) is 16.5 Å². The lowest BCUT2D eigenvalue weighted by atomic mass is 10.1. The number of nitrogens with two attached hydrogens (primary N) is 2. The summed E-state index contributed by atoms with van der Waals surface area (Å²) in [6.45, 7) is 0.865. The van der Waals surface area contributed by atoms with Crippen LogP contribution in [0.15, 0.2) is 18.2 Å². The molecule has 1 unspecified atom stereocenters. The van der Waals surface area contributed by atoms with Crippen LogP contribution in [0.4, 0.5) is 11.4 Å². The molecule has 1 aromatic rings. The molecule has 18 heavy (non-hydrogen) atoms. The van der Waals surface area contributed by atoms with E-state index < -0.39 is 5.91 Å². The fraction of sp³-hybridized carbons (Fsp3) is 0.417. The maximum Gasteiger partial charge on any atom is 0.248 e. The van der Waals surface area contributed by atoms with Gasteiger partial charge in [-0.2, -0.15) is 23.5 Å². The average molecular weight is 283 g/mol. The van der Waals surface area contributed by atoms with Crippen LogP contribution in [0.2, 0.25) is 0 Å². The Bertz CT molecular complexity index is 433. The Kier molecular flexibility index (Phi) is 4.66. The van der Waals surface area contributed by atoms with E-state index in [0.717, 1.165) is 18.0 Å². The van der Waals surface area contributed by atoms with Crippen molar-refractivity contribution in [2.45, 2.75) is 5.25 Å². The smallest absolute Gasteiger partial charge is 0.248 e. The number of nitrogens with one attached hydrogen (secondary N) is 1. The first-order valence-corrected chi connectivity index (χ1v) is 7.99. The van der Waals surface area contributed by atoms with Gasteiger partial charge < -0.3 is 16.8 Å². The molecule has 1 atom stereocenters. The Balaban J connectivity index is 1.99. The van der Waals surface area contributed by atoms with Crippen molar-refractivity contribution in [3.05, 3.63) is 23.8 Å². The third kappa shape index (κ3) is 3.49. The van der Waals surface area contributed by atoms with E-state index >= 15 is 0 Å². The molecule has 0 spiro atoms. The van der Waals surface area contributed by atoms with Gasteiger partial charge in [0.05, 0.1) is 11.4 Å². The molecule has 1 aliphatic rings. The number of rotatable bonds is 4. The van der Waals surface area contributed by atoms with Gasteiger partial charge in [0.25, 0.3) is 0 Å². The van der Waals surface area contributed by atoms with Crippen molar-refractivity contribution in [1.82, 2.24) is 0 Å². The summed E-state index contributed by atoms with van der Waals surface area (Å²) >= 11 is 3.97. The topological polar surface area (TPSA) is 81.1 Å². The van der Waals surface area contributed by atoms with Crippen LogP contribution >= 0.6 is 23.5 Å². The van der Waals surface area contributed by atoms with Crippen LogP contribution < -0.4 is 16.8 Å². The van der Waals surface area contributed by atoms with E-state index in [2.05, 4.69) is 5.32 Å². The second-order valence-corrected chi connectivity index (χ2v) is 6.67. The molecule has 0 aromatic heterocycles. The van der Waals surface area contributed by atoms with E-state index in [-0.39, 0.29) is 0 Å². The van der Waals surface area contributed by atoms with Gasteiger partial charge in [0.1, 0.15) is 0 Å². The van der Waals surface area contributed by atoms with E-state index in [1.165, 1.54) is 11.5 Å². The summed E-state index contributed by atoms with van der Waals surface area (Å²) in [4.78, 5) is 11.1. The normalized spacial score (nSPS) is 19.4. The second kappa shape index (κ2) is 6.24. The number of hydrogen-bond acceptors (Lipinski definition) is 5. The fourth-order valence-electron chi connectivity index (χ4n) is 1.74. The van der Waals surface area contributed by atoms with E-state index in [4.69, 9.17) is 11.5 Å². The summed E-state index contributed by atoms with van der Waals surface area (Å²) in [7, 11) is 0. The lowest BCUT2D eigenvalue weighted by Crippen LogP contribution is -2.23. The highest BCUT2D eigenvalue weighted by molar-refractivity contribution is 8.06. The summed E-state index contributed by atoms with van der Waals surface area (Å²) in [5.41, 5.74) is 13.1. The maximum atomic E-state index is 11.1. The number of benzene rings is 1. The van der Waals surface area contributed by atoms with Crippen molar-refractivity contribution in [3.8, 4) is 0 Å². The molecule has 1 heterocycles. The Morgan fingerprint density at radius 2 is 2.28 bits per heavy atom. The SMILES string of the molecule is NC(=O)c1ccc(N)c(NCC2CSCCS2)c1. The molecule has 1 aliphatic heterocycles. The quantitative estimate of drug-likeness (QED) is 0.732. The first-order valence-electron chi connectivity index (χ1n) is 5.79. The van der Waals surface area contributed by atoms with Crippen molar-refractivity contribution in [3.63, 3.8) is 0 Å². The number of nitrogen functional groups attached to an aromatic ring is 1. The highest BCUT2D eigenvalue weighted by atomic mass is 32.2. The van der Waals surface area contributed by atoms with Crippen LogP contribution in [-0.2, 0) is 0 Å². The van der Waals surface area contributed by atoms with Crippen LogP contribution in [0.3, 0.4) is 0 Å². The van der Waals surface area contributed by atoms with Crippen LogP contribution in [0.5, 0.6) is 0 Å². The summed E-state index contributed by atoms with van der Waals surface area (Å²) in [5, 5.41) is 3.91. The van der Waals surface area contributed by atoms with Gasteiger partial charge in [-0.05, 0) is 18.2 Å². The van der Waals surface area contributed by atoms with E-state index in [9.17, 15) is 4.79 Å². The number of carbonyl (C=O) groups excluding carboxylic acids is 1. The van der Waals surface area contributed by atoms with Gasteiger partial charge in [0.2, 0.25) is 5.91 Å². The molecule has 4 nitrogen and oxygen atoms in total. The number of amides is 1. The first-order chi connectivity index (χ1) is 8.66. The number of primary amides is 1. The van der Waals surface area contributed by atoms with Gasteiger partial charge in [-0.25, -0.2) is 0 Å². The Morgan fingerprint density at radius 1 is 1.44 bits per heavy atom. The summed E-state index contributed by atoms with van der Waals surface area (Å²) in [5.74, 6) is 3.17. The van der Waals surface area contributed by atoms with Crippen molar-refractivity contribution >= 4 is 40.8 Å². The Hall–Kier alpha value is -1.01. The highest BCUT2D eigenvalue weighted by Gasteiger charge is 2.14. The zero-order valence-corrected chi connectivity index (χ0v) is 11.7. The second-order valence-electron chi connectivity index (χ2n) is 4.11. The molecule has 2 rings (SSSR count). The molecule has 0 radical (unpaired) electrons. The van der Waals surface area contributed by atoms with Crippen molar-refractivity contribution in [2.75, 3.05) is 34.9 Å². The molecule has 0 saturated carbocycles. The minimum absolute atomic E-state index is 0.430. The first kappa shape index (κ1) is 13.4. The zero-order valence-electron chi connectivity index (χ0n) is 10.0. The zero-order chi connectivity index (χ0) is 13.0. The third-order valence-electron chi connectivity index (χ3n) is 2.74. The van der Waals surface area contributed by atoms with Gasteiger partial charge >= 0.3 is 0 Å². The molecular weight excluding hydrogens is 266 g/mol. The van der Waals surface area contributed by atoms with Crippen molar-refractivity contribution < 1.29 is 4.79 Å². The monoisotopic (exact) mass is 283 g/mol. The standard InChI is InChI=1S/C12H17N3OS2/c13-10-2-1-8(12(14)16)5-11(10)15-6-9-7-17-3-4-18-9/h1-2,5,9,15H,3-4,6-7,13H2,(H2,14,16). The molecule has 6 heteroatoms. The predicted octanol–water partition coefficient (Wildman–Crippen LogP) is 1.63.